The highest BCUT2D eigenvalue weighted by Gasteiger charge is 2.20. The summed E-state index contributed by atoms with van der Waals surface area (Å²) in [4.78, 5) is 0. The number of anilines is 1. The third-order valence-corrected chi connectivity index (χ3v) is 3.27. The number of aromatic nitrogens is 2. The molecule has 1 aliphatic heterocycles. The Hall–Kier alpha value is -0.920. The van der Waals surface area contributed by atoms with Gasteiger partial charge in [-0.3, -0.25) is 13.2 Å². The summed E-state index contributed by atoms with van der Waals surface area (Å²) in [6.07, 6.45) is 5.11. The highest BCUT2D eigenvalue weighted by Crippen LogP contribution is 2.19. The number of rotatable bonds is 4. The van der Waals surface area contributed by atoms with Crippen LogP contribution in [0.25, 0.3) is 0 Å². The van der Waals surface area contributed by atoms with E-state index in [-0.39, 0.29) is 6.10 Å². The van der Waals surface area contributed by atoms with E-state index in [2.05, 4.69) is 5.10 Å². The van der Waals surface area contributed by atoms with E-state index in [4.69, 9.17) is 4.74 Å². The Morgan fingerprint density at radius 2 is 2.62 bits per heavy atom. The average Bonchev–Trinajstić information content (AvgIpc) is 2.84. The summed E-state index contributed by atoms with van der Waals surface area (Å²) in [6.45, 7) is 1.08. The molecule has 90 valence electrons. The van der Waals surface area contributed by atoms with E-state index in [1.54, 1.807) is 17.9 Å². The van der Waals surface area contributed by atoms with Crippen molar-refractivity contribution in [2.75, 3.05) is 17.5 Å². The fourth-order valence-electron chi connectivity index (χ4n) is 1.76. The Balaban J connectivity index is 2.07. The Kier molecular flexibility index (Phi) is 3.57. The maximum Gasteiger partial charge on any atom is 0.0863 e. The van der Waals surface area contributed by atoms with Crippen molar-refractivity contribution in [3.05, 3.63) is 12.4 Å². The molecule has 0 spiro atoms. The molecule has 1 saturated heterocycles. The van der Waals surface area contributed by atoms with E-state index >= 15 is 0 Å². The molecule has 7 heteroatoms. The topological polar surface area (TPSA) is 70.4 Å². The number of ether oxygens (including phenoxy) is 1. The molecule has 1 aromatic heterocycles. The molecule has 6 nitrogen and oxygen atoms in total. The highest BCUT2D eigenvalue weighted by molar-refractivity contribution is 7.80. The molecular formula is C9H14N3O3S-. The Bertz CT molecular complexity index is 376. The fraction of sp³-hybridized carbons (Fsp3) is 0.667. The zero-order chi connectivity index (χ0) is 11.5. The van der Waals surface area contributed by atoms with E-state index in [0.717, 1.165) is 19.4 Å². The van der Waals surface area contributed by atoms with Crippen molar-refractivity contribution in [3.63, 3.8) is 0 Å². The molecular weight excluding hydrogens is 230 g/mol. The zero-order valence-corrected chi connectivity index (χ0v) is 9.85. The van der Waals surface area contributed by atoms with Gasteiger partial charge in [0, 0.05) is 31.1 Å². The molecule has 1 aliphatic rings. The van der Waals surface area contributed by atoms with E-state index in [0.29, 0.717) is 12.2 Å². The van der Waals surface area contributed by atoms with Gasteiger partial charge in [-0.15, -0.1) is 0 Å². The third kappa shape index (κ3) is 2.60. The van der Waals surface area contributed by atoms with Crippen molar-refractivity contribution in [2.45, 2.75) is 18.9 Å². The molecule has 2 rings (SSSR count). The first-order valence-electron chi connectivity index (χ1n) is 5.14. The number of hydrogen-bond acceptors (Lipinski definition) is 4. The lowest BCUT2D eigenvalue weighted by molar-refractivity contribution is 0.118. The van der Waals surface area contributed by atoms with Gasteiger partial charge in [0.15, 0.2) is 0 Å². The lowest BCUT2D eigenvalue weighted by atomic mass is 10.2. The van der Waals surface area contributed by atoms with Gasteiger partial charge in [-0.25, -0.2) is 0 Å². The molecule has 0 aliphatic carbocycles. The highest BCUT2D eigenvalue weighted by atomic mass is 32.2. The summed E-state index contributed by atoms with van der Waals surface area (Å²) in [5, 5.41) is 3.96. The summed E-state index contributed by atoms with van der Waals surface area (Å²) in [5.41, 5.74) is 0.575. The van der Waals surface area contributed by atoms with E-state index in [9.17, 15) is 8.76 Å². The lowest BCUT2D eigenvalue weighted by Gasteiger charge is -2.27. The largest absolute Gasteiger partial charge is 0.755 e. The van der Waals surface area contributed by atoms with Crippen LogP contribution in [0.3, 0.4) is 0 Å². The van der Waals surface area contributed by atoms with Crippen LogP contribution in [-0.2, 0) is 23.1 Å². The Morgan fingerprint density at radius 3 is 3.12 bits per heavy atom. The average molecular weight is 244 g/mol. The monoisotopic (exact) mass is 244 g/mol. The van der Waals surface area contributed by atoms with Crippen LogP contribution in [0.15, 0.2) is 12.4 Å². The predicted molar refractivity (Wildman–Crippen MR) is 58.4 cm³/mol. The second-order valence-corrected chi connectivity index (χ2v) is 4.66. The van der Waals surface area contributed by atoms with Crippen LogP contribution >= 0.6 is 0 Å². The van der Waals surface area contributed by atoms with E-state index in [1.807, 2.05) is 0 Å². The van der Waals surface area contributed by atoms with Crippen molar-refractivity contribution in [1.29, 1.82) is 0 Å². The SMILES string of the molecule is Cn1cc(N(CC2CCCO2)S(=O)[O-])cn1. The fourth-order valence-corrected chi connectivity index (χ4v) is 2.32. The van der Waals surface area contributed by atoms with Crippen LogP contribution in [-0.4, -0.2) is 37.8 Å². The van der Waals surface area contributed by atoms with Crippen molar-refractivity contribution in [1.82, 2.24) is 9.78 Å². The minimum Gasteiger partial charge on any atom is -0.755 e. The van der Waals surface area contributed by atoms with Gasteiger partial charge < -0.3 is 9.29 Å². The Morgan fingerprint density at radius 1 is 1.81 bits per heavy atom. The van der Waals surface area contributed by atoms with Crippen LogP contribution in [0.4, 0.5) is 5.69 Å². The summed E-state index contributed by atoms with van der Waals surface area (Å²) in [5.74, 6) is 0. The molecule has 0 aromatic carbocycles. The van der Waals surface area contributed by atoms with Gasteiger partial charge in [0.25, 0.3) is 0 Å². The van der Waals surface area contributed by atoms with Crippen LogP contribution in [0.2, 0.25) is 0 Å². The quantitative estimate of drug-likeness (QED) is 0.709. The van der Waals surface area contributed by atoms with Gasteiger partial charge in [0.1, 0.15) is 0 Å². The molecule has 1 aromatic rings. The van der Waals surface area contributed by atoms with Crippen molar-refractivity contribution in [3.8, 4) is 0 Å². The summed E-state index contributed by atoms with van der Waals surface area (Å²) < 4.78 is 30.5. The molecule has 2 heterocycles. The maximum absolute atomic E-state index is 11.1. The molecule has 16 heavy (non-hydrogen) atoms. The summed E-state index contributed by atoms with van der Waals surface area (Å²) in [6, 6.07) is 0. The van der Waals surface area contributed by atoms with Gasteiger partial charge in [-0.1, -0.05) is 0 Å². The molecule has 1 fully saturated rings. The van der Waals surface area contributed by atoms with Gasteiger partial charge in [0.05, 0.1) is 24.5 Å². The van der Waals surface area contributed by atoms with Crippen molar-refractivity contribution < 1.29 is 13.5 Å². The molecule has 2 unspecified atom stereocenters. The molecule has 0 radical (unpaired) electrons. The smallest absolute Gasteiger partial charge is 0.0863 e. The second kappa shape index (κ2) is 4.94. The molecule has 2 atom stereocenters. The van der Waals surface area contributed by atoms with Crippen molar-refractivity contribution in [2.24, 2.45) is 7.05 Å². The first kappa shape index (κ1) is 11.6. The standard InChI is InChI=1S/C9H15N3O3S/c1-11-6-8(5-10-11)12(16(13)14)7-9-3-2-4-15-9/h5-6,9H,2-4,7H2,1H3,(H,13,14)/p-1. The number of aryl methyl sites for hydroxylation is 1. The first-order chi connectivity index (χ1) is 7.66. The van der Waals surface area contributed by atoms with E-state index < -0.39 is 11.3 Å². The van der Waals surface area contributed by atoms with Crippen LogP contribution < -0.4 is 4.31 Å². The lowest BCUT2D eigenvalue weighted by Crippen LogP contribution is -2.33. The van der Waals surface area contributed by atoms with Gasteiger partial charge in [-0.05, 0) is 12.8 Å². The minimum atomic E-state index is -2.29. The second-order valence-electron chi connectivity index (χ2n) is 3.79. The molecule has 0 amide bonds. The molecule has 0 N–H and O–H groups in total. The normalized spacial score (nSPS) is 22.2. The number of hydrogen-bond donors (Lipinski definition) is 0. The predicted octanol–water partition coefficient (Wildman–Crippen LogP) is 0.200. The van der Waals surface area contributed by atoms with Crippen LogP contribution in [0.1, 0.15) is 12.8 Å². The Labute approximate surface area is 96.6 Å². The van der Waals surface area contributed by atoms with Gasteiger partial charge in [0.2, 0.25) is 0 Å². The van der Waals surface area contributed by atoms with Crippen LogP contribution in [0, 0.1) is 0 Å². The summed E-state index contributed by atoms with van der Waals surface area (Å²) >= 11 is -2.29. The van der Waals surface area contributed by atoms with Crippen LogP contribution in [0.5, 0.6) is 0 Å². The number of nitrogens with zero attached hydrogens (tertiary/aromatic N) is 3. The summed E-state index contributed by atoms with van der Waals surface area (Å²) in [7, 11) is 1.75. The van der Waals surface area contributed by atoms with E-state index in [1.165, 1.54) is 10.5 Å². The maximum atomic E-state index is 11.1. The zero-order valence-electron chi connectivity index (χ0n) is 9.04. The third-order valence-electron chi connectivity index (χ3n) is 2.55. The first-order valence-corrected chi connectivity index (χ1v) is 6.17. The molecule has 0 saturated carbocycles. The van der Waals surface area contributed by atoms with Gasteiger partial charge in [-0.2, -0.15) is 5.10 Å². The van der Waals surface area contributed by atoms with Gasteiger partial charge >= 0.3 is 0 Å². The minimum absolute atomic E-state index is 0.00175. The van der Waals surface area contributed by atoms with Crippen molar-refractivity contribution >= 4 is 17.0 Å². The molecule has 0 bridgehead atoms.